The summed E-state index contributed by atoms with van der Waals surface area (Å²) in [7, 11) is 0. The highest BCUT2D eigenvalue weighted by Gasteiger charge is 2.09. The lowest BCUT2D eigenvalue weighted by Gasteiger charge is -2.17. The van der Waals surface area contributed by atoms with Crippen LogP contribution in [0.2, 0.25) is 5.02 Å². The lowest BCUT2D eigenvalue weighted by Crippen LogP contribution is -2.33. The third-order valence-electron chi connectivity index (χ3n) is 3.03. The topological polar surface area (TPSA) is 76.4 Å². The Morgan fingerprint density at radius 3 is 2.48 bits per heavy atom. The van der Waals surface area contributed by atoms with E-state index in [1.54, 1.807) is 0 Å². The van der Waals surface area contributed by atoms with Gasteiger partial charge in [-0.3, -0.25) is 0 Å². The molecule has 0 aliphatic carbocycles. The number of halogens is 3. The molecule has 0 fully saturated rings. The third-order valence-corrected chi connectivity index (χ3v) is 3.29. The lowest BCUT2D eigenvalue weighted by atomic mass is 10.1. The SMILES string of the molecule is CCCCNC(=O)OCCNC(CN)c1ccc(Cl)cc1.Cl.Cl. The molecule has 1 rings (SSSR count). The number of unbranched alkanes of at least 4 members (excludes halogenated alkanes) is 1. The van der Waals surface area contributed by atoms with Crippen molar-refractivity contribution < 1.29 is 9.53 Å². The van der Waals surface area contributed by atoms with Crippen molar-refractivity contribution in [2.75, 3.05) is 26.2 Å². The van der Waals surface area contributed by atoms with Crippen molar-refractivity contribution in [3.63, 3.8) is 0 Å². The fourth-order valence-electron chi connectivity index (χ4n) is 1.83. The van der Waals surface area contributed by atoms with E-state index in [4.69, 9.17) is 22.1 Å². The molecule has 1 unspecified atom stereocenters. The molecular weight excluding hydrogens is 361 g/mol. The van der Waals surface area contributed by atoms with Gasteiger partial charge >= 0.3 is 6.09 Å². The number of nitrogens with two attached hydrogens (primary N) is 1. The summed E-state index contributed by atoms with van der Waals surface area (Å²) in [6.45, 7) is 4.04. The highest BCUT2D eigenvalue weighted by molar-refractivity contribution is 6.30. The van der Waals surface area contributed by atoms with Crippen molar-refractivity contribution in [2.45, 2.75) is 25.8 Å². The van der Waals surface area contributed by atoms with E-state index in [2.05, 4.69) is 17.6 Å². The molecule has 1 amide bonds. The summed E-state index contributed by atoms with van der Waals surface area (Å²) in [5.74, 6) is 0. The van der Waals surface area contributed by atoms with Gasteiger partial charge in [-0.2, -0.15) is 0 Å². The van der Waals surface area contributed by atoms with E-state index in [1.807, 2.05) is 24.3 Å². The summed E-state index contributed by atoms with van der Waals surface area (Å²) in [5, 5.41) is 6.65. The zero-order valence-corrected chi connectivity index (χ0v) is 15.6. The number of amides is 1. The van der Waals surface area contributed by atoms with Crippen LogP contribution in [0.1, 0.15) is 31.4 Å². The van der Waals surface area contributed by atoms with Gasteiger partial charge in [0.05, 0.1) is 0 Å². The predicted molar refractivity (Wildman–Crippen MR) is 100 cm³/mol. The van der Waals surface area contributed by atoms with Gasteiger partial charge in [0, 0.05) is 30.7 Å². The zero-order chi connectivity index (χ0) is 15.5. The second-order valence-corrected chi connectivity index (χ2v) is 5.15. The molecule has 0 radical (unpaired) electrons. The van der Waals surface area contributed by atoms with Crippen LogP contribution in [0, 0.1) is 0 Å². The standard InChI is InChI=1S/C15H24ClN3O2.2ClH/c1-2-3-8-19-15(20)21-10-9-18-14(11-17)12-4-6-13(16)7-5-12;;/h4-7,14,18H,2-3,8-11,17H2,1H3,(H,19,20);2*1H. The summed E-state index contributed by atoms with van der Waals surface area (Å²) in [6, 6.07) is 7.56. The van der Waals surface area contributed by atoms with Crippen molar-refractivity contribution >= 4 is 42.5 Å². The molecule has 1 aromatic carbocycles. The molecule has 0 saturated heterocycles. The molecule has 5 nitrogen and oxygen atoms in total. The molecule has 4 N–H and O–H groups in total. The molecular formula is C15H26Cl3N3O2. The van der Waals surface area contributed by atoms with E-state index in [-0.39, 0.29) is 36.9 Å². The highest BCUT2D eigenvalue weighted by Crippen LogP contribution is 2.15. The van der Waals surface area contributed by atoms with Crippen LogP contribution in [0.15, 0.2) is 24.3 Å². The van der Waals surface area contributed by atoms with Gasteiger partial charge in [0.25, 0.3) is 0 Å². The molecule has 0 aromatic heterocycles. The van der Waals surface area contributed by atoms with Crippen LogP contribution in [0.5, 0.6) is 0 Å². The maximum Gasteiger partial charge on any atom is 0.407 e. The van der Waals surface area contributed by atoms with Gasteiger partial charge in [0.1, 0.15) is 6.61 Å². The van der Waals surface area contributed by atoms with Crippen LogP contribution < -0.4 is 16.4 Å². The minimum absolute atomic E-state index is 0. The van der Waals surface area contributed by atoms with Crippen LogP contribution in [0.25, 0.3) is 0 Å². The van der Waals surface area contributed by atoms with Crippen molar-refractivity contribution in [3.8, 4) is 0 Å². The fourth-order valence-corrected chi connectivity index (χ4v) is 1.95. The van der Waals surface area contributed by atoms with Crippen LogP contribution in [-0.4, -0.2) is 32.3 Å². The van der Waals surface area contributed by atoms with Crippen molar-refractivity contribution in [1.82, 2.24) is 10.6 Å². The molecule has 0 aliphatic rings. The van der Waals surface area contributed by atoms with Crippen molar-refractivity contribution in [1.29, 1.82) is 0 Å². The molecule has 0 heterocycles. The largest absolute Gasteiger partial charge is 0.448 e. The molecule has 0 spiro atoms. The summed E-state index contributed by atoms with van der Waals surface area (Å²) in [5.41, 5.74) is 6.81. The monoisotopic (exact) mass is 385 g/mol. The van der Waals surface area contributed by atoms with E-state index >= 15 is 0 Å². The average molecular weight is 387 g/mol. The summed E-state index contributed by atoms with van der Waals surface area (Å²) in [4.78, 5) is 11.3. The zero-order valence-electron chi connectivity index (χ0n) is 13.2. The Bertz CT molecular complexity index is 419. The number of hydrogen-bond donors (Lipinski definition) is 3. The van der Waals surface area contributed by atoms with Crippen molar-refractivity contribution in [3.05, 3.63) is 34.9 Å². The molecule has 23 heavy (non-hydrogen) atoms. The van der Waals surface area contributed by atoms with E-state index < -0.39 is 0 Å². The van der Waals surface area contributed by atoms with Crippen LogP contribution >= 0.6 is 36.4 Å². The normalized spacial score (nSPS) is 10.9. The number of hydrogen-bond acceptors (Lipinski definition) is 4. The molecule has 0 saturated carbocycles. The maximum absolute atomic E-state index is 11.3. The minimum atomic E-state index is -0.374. The molecule has 134 valence electrons. The van der Waals surface area contributed by atoms with Gasteiger partial charge in [0.15, 0.2) is 0 Å². The Balaban J connectivity index is 0. The number of nitrogens with one attached hydrogen (secondary N) is 2. The molecule has 8 heteroatoms. The number of alkyl carbamates (subject to hydrolysis) is 1. The molecule has 1 atom stereocenters. The Morgan fingerprint density at radius 1 is 1.26 bits per heavy atom. The van der Waals surface area contributed by atoms with E-state index in [1.165, 1.54) is 0 Å². The van der Waals surface area contributed by atoms with Crippen LogP contribution in [-0.2, 0) is 4.74 Å². The molecule has 0 bridgehead atoms. The van der Waals surface area contributed by atoms with Gasteiger partial charge in [0.2, 0.25) is 0 Å². The third kappa shape index (κ3) is 10.6. The first-order valence-corrected chi connectivity index (χ1v) is 7.64. The smallest absolute Gasteiger partial charge is 0.407 e. The van der Waals surface area contributed by atoms with Gasteiger partial charge in [-0.05, 0) is 24.1 Å². The first-order chi connectivity index (χ1) is 10.2. The summed E-state index contributed by atoms with van der Waals surface area (Å²) < 4.78 is 5.06. The fraction of sp³-hybridized carbons (Fsp3) is 0.533. The number of benzene rings is 1. The minimum Gasteiger partial charge on any atom is -0.448 e. The van der Waals surface area contributed by atoms with Gasteiger partial charge in [-0.15, -0.1) is 24.8 Å². The Hall–Kier alpha value is -0.720. The number of carbonyl (C=O) groups is 1. The van der Waals surface area contributed by atoms with Crippen molar-refractivity contribution in [2.24, 2.45) is 5.73 Å². The molecule has 1 aromatic rings. The summed E-state index contributed by atoms with van der Waals surface area (Å²) >= 11 is 5.86. The lowest BCUT2D eigenvalue weighted by molar-refractivity contribution is 0.145. The Morgan fingerprint density at radius 2 is 1.91 bits per heavy atom. The van der Waals surface area contributed by atoms with Gasteiger partial charge in [-0.1, -0.05) is 37.1 Å². The maximum atomic E-state index is 11.3. The summed E-state index contributed by atoms with van der Waals surface area (Å²) in [6.07, 6.45) is 1.63. The second kappa shape index (κ2) is 14.8. The Kier molecular flexibility index (Phi) is 15.8. The van der Waals surface area contributed by atoms with Crippen LogP contribution in [0.4, 0.5) is 4.79 Å². The predicted octanol–water partition coefficient (Wildman–Crippen LogP) is 3.30. The highest BCUT2D eigenvalue weighted by atomic mass is 35.5. The van der Waals surface area contributed by atoms with E-state index in [0.717, 1.165) is 18.4 Å². The Labute approximate surface area is 155 Å². The molecule has 0 aliphatic heterocycles. The quantitative estimate of drug-likeness (QED) is 0.569. The second-order valence-electron chi connectivity index (χ2n) is 4.71. The first kappa shape index (κ1) is 24.5. The average Bonchev–Trinajstić information content (AvgIpc) is 2.49. The number of ether oxygens (including phenoxy) is 1. The number of carbonyl (C=O) groups excluding carboxylic acids is 1. The first-order valence-electron chi connectivity index (χ1n) is 7.27. The van der Waals surface area contributed by atoms with E-state index in [9.17, 15) is 4.79 Å². The van der Waals surface area contributed by atoms with E-state index in [0.29, 0.717) is 31.3 Å². The van der Waals surface area contributed by atoms with Gasteiger partial charge < -0.3 is 21.1 Å². The van der Waals surface area contributed by atoms with Crippen LogP contribution in [0.3, 0.4) is 0 Å². The number of rotatable bonds is 9. The van der Waals surface area contributed by atoms with Gasteiger partial charge in [-0.25, -0.2) is 4.79 Å².